The molecule has 3 fully saturated rings. The van der Waals surface area contributed by atoms with Crippen molar-refractivity contribution in [2.75, 3.05) is 32.7 Å². The second kappa shape index (κ2) is 26.2. The lowest BCUT2D eigenvalue weighted by atomic mass is 9.96. The van der Waals surface area contributed by atoms with Gasteiger partial charge in [0.2, 0.25) is 59.1 Å². The molecular weight excluding hydrogens is 859 g/mol. The smallest absolute Gasteiger partial charge is 0.246 e. The maximum Gasteiger partial charge on any atom is 0.246 e. The number of aliphatic imine (C=N–C) groups is 1. The number of nitrogens with one attached hydrogen (secondary N) is 7. The van der Waals surface area contributed by atoms with Gasteiger partial charge in [0.15, 0.2) is 5.96 Å². The molecule has 370 valence electrons. The van der Waals surface area contributed by atoms with Crippen molar-refractivity contribution in [1.82, 2.24) is 47.0 Å². The van der Waals surface area contributed by atoms with E-state index in [1.165, 1.54) is 9.80 Å². The predicted octanol–water partition coefficient (Wildman–Crippen LogP) is -2.90. The van der Waals surface area contributed by atoms with E-state index < -0.39 is 109 Å². The van der Waals surface area contributed by atoms with Crippen LogP contribution in [0.15, 0.2) is 4.99 Å². The summed E-state index contributed by atoms with van der Waals surface area (Å²) < 4.78 is 0. The average molecular weight is 932 g/mol. The number of hydrogen-bond donors (Lipinski definition) is 10. The van der Waals surface area contributed by atoms with E-state index in [9.17, 15) is 47.9 Å². The van der Waals surface area contributed by atoms with Gasteiger partial charge >= 0.3 is 0 Å². The van der Waals surface area contributed by atoms with Crippen molar-refractivity contribution < 1.29 is 47.9 Å². The van der Waals surface area contributed by atoms with Crippen LogP contribution in [0.25, 0.3) is 0 Å². The van der Waals surface area contributed by atoms with Crippen molar-refractivity contribution in [2.24, 2.45) is 39.9 Å². The van der Waals surface area contributed by atoms with E-state index >= 15 is 0 Å². The Balaban J connectivity index is 1.57. The van der Waals surface area contributed by atoms with Crippen LogP contribution < -0.4 is 54.4 Å². The fourth-order valence-electron chi connectivity index (χ4n) is 8.22. The van der Waals surface area contributed by atoms with Crippen molar-refractivity contribution in [3.8, 4) is 0 Å². The summed E-state index contributed by atoms with van der Waals surface area (Å²) in [5.41, 5.74) is 16.2. The Labute approximate surface area is 386 Å². The number of guanidine groups is 1. The molecule has 10 amide bonds. The molecular formula is C43H73N13O10. The molecule has 0 aromatic heterocycles. The van der Waals surface area contributed by atoms with E-state index in [1.54, 1.807) is 0 Å². The Hall–Kier alpha value is -6.03. The number of carbonyl (C=O) groups excluding carboxylic acids is 10. The Morgan fingerprint density at radius 1 is 0.712 bits per heavy atom. The van der Waals surface area contributed by atoms with Gasteiger partial charge in [-0.1, -0.05) is 48.0 Å². The van der Waals surface area contributed by atoms with Gasteiger partial charge in [0, 0.05) is 26.1 Å². The van der Waals surface area contributed by atoms with Gasteiger partial charge < -0.3 is 64.2 Å². The molecule has 13 N–H and O–H groups in total. The first-order valence-electron chi connectivity index (χ1n) is 23.1. The minimum absolute atomic E-state index is 0.0420. The van der Waals surface area contributed by atoms with E-state index in [2.05, 4.69) is 42.2 Å². The lowest BCUT2D eigenvalue weighted by Crippen LogP contribution is -2.58. The van der Waals surface area contributed by atoms with Gasteiger partial charge in [0.25, 0.3) is 0 Å². The fourth-order valence-corrected chi connectivity index (χ4v) is 8.22. The first kappa shape index (κ1) is 54.3. The Morgan fingerprint density at radius 2 is 1.32 bits per heavy atom. The van der Waals surface area contributed by atoms with Crippen LogP contribution in [0.1, 0.15) is 112 Å². The van der Waals surface area contributed by atoms with Crippen molar-refractivity contribution in [3.05, 3.63) is 0 Å². The lowest BCUT2D eigenvalue weighted by molar-refractivity contribution is -0.143. The van der Waals surface area contributed by atoms with E-state index in [0.717, 1.165) is 0 Å². The number of likely N-dealkylation sites (tertiary alicyclic amines) is 2. The maximum atomic E-state index is 13.8. The number of primary amides is 1. The topological polar surface area (TPSA) is 352 Å². The van der Waals surface area contributed by atoms with Gasteiger partial charge in [-0.2, -0.15) is 0 Å². The summed E-state index contributed by atoms with van der Waals surface area (Å²) in [6.07, 6.45) is 3.66. The van der Waals surface area contributed by atoms with Gasteiger partial charge in [-0.3, -0.25) is 52.9 Å². The van der Waals surface area contributed by atoms with Crippen LogP contribution >= 0.6 is 0 Å². The zero-order valence-corrected chi connectivity index (χ0v) is 39.2. The molecule has 66 heavy (non-hydrogen) atoms. The molecule has 3 heterocycles. The summed E-state index contributed by atoms with van der Waals surface area (Å²) >= 11 is 0. The molecule has 0 saturated carbocycles. The second-order valence-electron chi connectivity index (χ2n) is 18.3. The molecule has 3 aliphatic rings. The van der Waals surface area contributed by atoms with Crippen LogP contribution in [0.2, 0.25) is 0 Å². The summed E-state index contributed by atoms with van der Waals surface area (Å²) in [4.78, 5) is 138. The predicted molar refractivity (Wildman–Crippen MR) is 242 cm³/mol. The highest BCUT2D eigenvalue weighted by atomic mass is 16.2. The molecule has 23 nitrogen and oxygen atoms in total. The molecule has 0 aliphatic carbocycles. The normalized spacial score (nSPS) is 20.3. The molecule has 3 aliphatic heterocycles. The van der Waals surface area contributed by atoms with Crippen molar-refractivity contribution >= 4 is 65.0 Å². The van der Waals surface area contributed by atoms with Crippen LogP contribution in [0.3, 0.4) is 0 Å². The van der Waals surface area contributed by atoms with Crippen molar-refractivity contribution in [2.45, 2.75) is 154 Å². The second-order valence-corrected chi connectivity index (χ2v) is 18.3. The molecule has 0 aromatic rings. The van der Waals surface area contributed by atoms with E-state index in [4.69, 9.17) is 17.2 Å². The van der Waals surface area contributed by atoms with Crippen LogP contribution in [0, 0.1) is 17.8 Å². The Kier molecular flexibility index (Phi) is 21.6. The SMILES string of the molecule is CC[C@H](C)[C@H](NC(=O)[C@@H]1CCC(=O)N1)C(=O)N1CCC[C@H]1C(=O)NCC(=O)N[C@@H](CC(C)C)C(=O)NCC(=O)N1CCC[C@H]1C(=O)N[C@@H](CC(C)C)C(=O)N[C@@H](CCCN=C(N)N)C(N)=O. The third-order valence-corrected chi connectivity index (χ3v) is 11.9. The highest BCUT2D eigenvalue weighted by Gasteiger charge is 2.41. The quantitative estimate of drug-likeness (QED) is 0.0251. The zero-order chi connectivity index (χ0) is 49.2. The molecule has 8 atom stereocenters. The summed E-state index contributed by atoms with van der Waals surface area (Å²) in [6.45, 7) is 10.8. The number of nitrogens with zero attached hydrogens (tertiary/aromatic N) is 3. The fraction of sp³-hybridized carbons (Fsp3) is 0.744. The van der Waals surface area contributed by atoms with E-state index in [0.29, 0.717) is 44.9 Å². The molecule has 3 saturated heterocycles. The number of hydrogen-bond acceptors (Lipinski definition) is 11. The third-order valence-electron chi connectivity index (χ3n) is 11.9. The highest BCUT2D eigenvalue weighted by molar-refractivity contribution is 5.98. The number of amides is 10. The van der Waals surface area contributed by atoms with Crippen molar-refractivity contribution in [3.63, 3.8) is 0 Å². The van der Waals surface area contributed by atoms with Crippen LogP contribution in [-0.2, 0) is 47.9 Å². The minimum atomic E-state index is -1.08. The number of rotatable bonds is 25. The van der Waals surface area contributed by atoms with Gasteiger partial charge in [0.1, 0.15) is 42.3 Å². The van der Waals surface area contributed by atoms with Gasteiger partial charge in [0.05, 0.1) is 13.1 Å². The van der Waals surface area contributed by atoms with Gasteiger partial charge in [-0.15, -0.1) is 0 Å². The summed E-state index contributed by atoms with van der Waals surface area (Å²) in [6, 6.07) is -6.69. The molecule has 0 aromatic carbocycles. The average Bonchev–Trinajstić information content (AvgIpc) is 4.05. The molecule has 0 unspecified atom stereocenters. The molecule has 0 spiro atoms. The summed E-state index contributed by atoms with van der Waals surface area (Å²) in [5, 5.41) is 18.5. The molecule has 0 bridgehead atoms. The maximum absolute atomic E-state index is 13.8. The molecule has 0 radical (unpaired) electrons. The van der Waals surface area contributed by atoms with Crippen LogP contribution in [0.4, 0.5) is 0 Å². The largest absolute Gasteiger partial charge is 0.370 e. The van der Waals surface area contributed by atoms with E-state index in [-0.39, 0.29) is 74.9 Å². The summed E-state index contributed by atoms with van der Waals surface area (Å²) in [5.74, 6) is -6.08. The van der Waals surface area contributed by atoms with Gasteiger partial charge in [-0.05, 0) is 75.5 Å². The Bertz CT molecular complexity index is 1810. The number of carbonyl (C=O) groups is 10. The Morgan fingerprint density at radius 3 is 1.88 bits per heavy atom. The minimum Gasteiger partial charge on any atom is -0.370 e. The number of nitrogens with two attached hydrogens (primary N) is 3. The first-order chi connectivity index (χ1) is 31.1. The molecule has 23 heteroatoms. The monoisotopic (exact) mass is 932 g/mol. The van der Waals surface area contributed by atoms with Crippen molar-refractivity contribution in [1.29, 1.82) is 0 Å². The summed E-state index contributed by atoms with van der Waals surface area (Å²) in [7, 11) is 0. The standard InChI is InChI=1S/C43H73N13O10/c1-7-25(6)35(54-38(62)27-14-15-32(57)50-27)42(66)56-18-10-12-30(56)40(64)48-21-33(58)51-28(19-23(2)3)37(61)49-22-34(59)55-17-9-13-31(55)41(65)53-29(20-24(4)5)39(63)52-26(36(44)60)11-8-16-47-43(45)46/h23-31,35H,7-22H2,1-6H3,(H2,44,60)(H,48,64)(H,49,61)(H,50,57)(H,51,58)(H,52,63)(H,53,65)(H,54,62)(H4,45,46,47)/t25-,26-,27-,28-,29-,30-,31-,35-/m0/s1. The third kappa shape index (κ3) is 16.8. The van der Waals surface area contributed by atoms with Gasteiger partial charge in [-0.25, -0.2) is 0 Å². The molecule has 3 rings (SSSR count). The van der Waals surface area contributed by atoms with Crippen LogP contribution in [0.5, 0.6) is 0 Å². The lowest BCUT2D eigenvalue weighted by Gasteiger charge is -2.32. The van der Waals surface area contributed by atoms with Crippen LogP contribution in [-0.4, -0.2) is 150 Å². The zero-order valence-electron chi connectivity index (χ0n) is 39.2. The first-order valence-corrected chi connectivity index (χ1v) is 23.1. The highest BCUT2D eigenvalue weighted by Crippen LogP contribution is 2.23. The van der Waals surface area contributed by atoms with E-state index in [1.807, 2.05) is 41.5 Å².